The first-order valence-electron chi connectivity index (χ1n) is 8.87. The molecule has 2 amide bonds. The van der Waals surface area contributed by atoms with E-state index in [1.165, 1.54) is 11.0 Å². The SMILES string of the molecule is Cc1ccc(N2C(=O)/C(=C\c3ccc(-c4ccc(Cl)cc4Cl)o3)C(=O)NC2=S)cc1. The van der Waals surface area contributed by atoms with Crippen molar-refractivity contribution < 1.29 is 14.0 Å². The number of nitrogens with zero attached hydrogens (tertiary/aromatic N) is 1. The van der Waals surface area contributed by atoms with Gasteiger partial charge >= 0.3 is 0 Å². The lowest BCUT2D eigenvalue weighted by molar-refractivity contribution is -0.122. The van der Waals surface area contributed by atoms with Gasteiger partial charge in [0.15, 0.2) is 5.11 Å². The van der Waals surface area contributed by atoms with Gasteiger partial charge in [-0.25, -0.2) is 0 Å². The van der Waals surface area contributed by atoms with Gasteiger partial charge in [-0.1, -0.05) is 40.9 Å². The molecule has 8 heteroatoms. The van der Waals surface area contributed by atoms with Gasteiger partial charge in [0.1, 0.15) is 17.1 Å². The van der Waals surface area contributed by atoms with E-state index in [1.807, 2.05) is 19.1 Å². The van der Waals surface area contributed by atoms with E-state index >= 15 is 0 Å². The number of anilines is 1. The zero-order valence-corrected chi connectivity index (χ0v) is 17.9. The summed E-state index contributed by atoms with van der Waals surface area (Å²) in [5.74, 6) is -0.310. The van der Waals surface area contributed by atoms with E-state index in [9.17, 15) is 9.59 Å². The van der Waals surface area contributed by atoms with Crippen molar-refractivity contribution in [3.63, 3.8) is 0 Å². The molecule has 0 unspecified atom stereocenters. The summed E-state index contributed by atoms with van der Waals surface area (Å²) in [6.07, 6.45) is 1.38. The van der Waals surface area contributed by atoms with Crippen molar-refractivity contribution in [2.75, 3.05) is 4.90 Å². The molecule has 0 bridgehead atoms. The average Bonchev–Trinajstić information content (AvgIpc) is 3.15. The molecule has 1 fully saturated rings. The molecule has 5 nitrogen and oxygen atoms in total. The summed E-state index contributed by atoms with van der Waals surface area (Å²) in [7, 11) is 0. The lowest BCUT2D eigenvalue weighted by Crippen LogP contribution is -2.54. The van der Waals surface area contributed by atoms with Crippen LogP contribution in [0, 0.1) is 6.92 Å². The third-order valence-electron chi connectivity index (χ3n) is 4.50. The second-order valence-corrected chi connectivity index (χ2v) is 7.85. The van der Waals surface area contributed by atoms with Crippen molar-refractivity contribution in [3.05, 3.63) is 81.5 Å². The van der Waals surface area contributed by atoms with Gasteiger partial charge in [0.25, 0.3) is 11.8 Å². The Kier molecular flexibility index (Phi) is 5.47. The lowest BCUT2D eigenvalue weighted by Gasteiger charge is -2.28. The van der Waals surface area contributed by atoms with E-state index in [0.717, 1.165) is 5.56 Å². The molecule has 2 aromatic carbocycles. The van der Waals surface area contributed by atoms with Crippen molar-refractivity contribution in [1.82, 2.24) is 5.32 Å². The normalized spacial score (nSPS) is 15.6. The fourth-order valence-corrected chi connectivity index (χ4v) is 3.78. The monoisotopic (exact) mass is 456 g/mol. The number of nitrogens with one attached hydrogen (secondary N) is 1. The van der Waals surface area contributed by atoms with E-state index in [2.05, 4.69) is 5.32 Å². The number of halogens is 2. The third-order valence-corrected chi connectivity index (χ3v) is 5.34. The number of benzene rings is 2. The second-order valence-electron chi connectivity index (χ2n) is 6.62. The third kappa shape index (κ3) is 3.89. The van der Waals surface area contributed by atoms with Gasteiger partial charge in [0.05, 0.1) is 10.7 Å². The maximum Gasteiger partial charge on any atom is 0.270 e. The molecule has 1 aromatic heterocycles. The molecule has 3 aromatic rings. The zero-order valence-electron chi connectivity index (χ0n) is 15.6. The Hall–Kier alpha value is -2.93. The maximum absolute atomic E-state index is 13.0. The topological polar surface area (TPSA) is 62.6 Å². The highest BCUT2D eigenvalue weighted by Gasteiger charge is 2.34. The molecule has 4 rings (SSSR count). The molecule has 1 aliphatic rings. The van der Waals surface area contributed by atoms with E-state index in [1.54, 1.807) is 42.5 Å². The number of hydrogen-bond donors (Lipinski definition) is 1. The predicted octanol–water partition coefficient (Wildman–Crippen LogP) is 5.39. The van der Waals surface area contributed by atoms with E-state index in [0.29, 0.717) is 32.8 Å². The molecule has 0 spiro atoms. The van der Waals surface area contributed by atoms with E-state index < -0.39 is 11.8 Å². The molecule has 1 saturated heterocycles. The van der Waals surface area contributed by atoms with Crippen LogP contribution in [0.25, 0.3) is 17.4 Å². The van der Waals surface area contributed by atoms with Crippen molar-refractivity contribution in [2.24, 2.45) is 0 Å². The Morgan fingerprint density at radius 2 is 1.77 bits per heavy atom. The van der Waals surface area contributed by atoms with Crippen molar-refractivity contribution >= 4 is 64.1 Å². The quantitative estimate of drug-likeness (QED) is 0.325. The number of aryl methyl sites for hydroxylation is 1. The van der Waals surface area contributed by atoms with Gasteiger partial charge in [0.2, 0.25) is 0 Å². The zero-order chi connectivity index (χ0) is 21.4. The fraction of sp³-hybridized carbons (Fsp3) is 0.0455. The predicted molar refractivity (Wildman–Crippen MR) is 122 cm³/mol. The van der Waals surface area contributed by atoms with Crippen LogP contribution >= 0.6 is 35.4 Å². The molecule has 2 heterocycles. The van der Waals surface area contributed by atoms with Gasteiger partial charge in [0, 0.05) is 10.6 Å². The van der Waals surface area contributed by atoms with Crippen molar-refractivity contribution in [3.8, 4) is 11.3 Å². The second kappa shape index (κ2) is 8.07. The van der Waals surface area contributed by atoms with Gasteiger partial charge in [-0.2, -0.15) is 0 Å². The van der Waals surface area contributed by atoms with Crippen LogP contribution in [0.1, 0.15) is 11.3 Å². The minimum absolute atomic E-state index is 0.0269. The number of hydrogen-bond acceptors (Lipinski definition) is 4. The number of amides is 2. The van der Waals surface area contributed by atoms with E-state index in [-0.39, 0.29) is 10.7 Å². The minimum atomic E-state index is -0.587. The Bertz CT molecular complexity index is 1220. The summed E-state index contributed by atoms with van der Waals surface area (Å²) in [6.45, 7) is 1.94. The number of furan rings is 1. The molecule has 0 radical (unpaired) electrons. The number of thiocarbonyl (C=S) groups is 1. The molecular weight excluding hydrogens is 443 g/mol. The standard InChI is InChI=1S/C22H14Cl2N2O3S/c1-12-2-5-14(6-3-12)26-21(28)17(20(27)25-22(26)30)11-15-7-9-19(29-15)16-8-4-13(23)10-18(16)24/h2-11H,1H3,(H,25,27,30)/b17-11-. The van der Waals surface area contributed by atoms with Gasteiger partial charge in [-0.3, -0.25) is 19.8 Å². The molecule has 1 N–H and O–H groups in total. The van der Waals surface area contributed by atoms with Crippen LogP contribution < -0.4 is 10.2 Å². The summed E-state index contributed by atoms with van der Waals surface area (Å²) >= 11 is 17.4. The van der Waals surface area contributed by atoms with Crippen LogP contribution in [-0.4, -0.2) is 16.9 Å². The molecule has 0 aliphatic carbocycles. The Balaban J connectivity index is 1.68. The van der Waals surface area contributed by atoms with Crippen LogP contribution in [0.4, 0.5) is 5.69 Å². The van der Waals surface area contributed by atoms with Crippen LogP contribution in [0.15, 0.2) is 64.6 Å². The molecule has 150 valence electrons. The van der Waals surface area contributed by atoms with Crippen molar-refractivity contribution in [2.45, 2.75) is 6.92 Å². The van der Waals surface area contributed by atoms with Gasteiger partial charge < -0.3 is 4.42 Å². The highest BCUT2D eigenvalue weighted by atomic mass is 35.5. The Morgan fingerprint density at radius 1 is 1.03 bits per heavy atom. The largest absolute Gasteiger partial charge is 0.457 e. The first-order valence-corrected chi connectivity index (χ1v) is 10.0. The number of carbonyl (C=O) groups is 2. The summed E-state index contributed by atoms with van der Waals surface area (Å²) in [6, 6.07) is 15.6. The van der Waals surface area contributed by atoms with Crippen LogP contribution in [0.2, 0.25) is 10.0 Å². The summed E-state index contributed by atoms with van der Waals surface area (Å²) < 4.78 is 5.79. The molecule has 0 atom stereocenters. The summed E-state index contributed by atoms with van der Waals surface area (Å²) in [4.78, 5) is 26.7. The first-order chi connectivity index (χ1) is 14.3. The number of carbonyl (C=O) groups excluding carboxylic acids is 2. The van der Waals surface area contributed by atoms with Crippen LogP contribution in [-0.2, 0) is 9.59 Å². The fourth-order valence-electron chi connectivity index (χ4n) is 2.99. The average molecular weight is 457 g/mol. The van der Waals surface area contributed by atoms with Crippen molar-refractivity contribution in [1.29, 1.82) is 0 Å². The summed E-state index contributed by atoms with van der Waals surface area (Å²) in [5, 5.41) is 3.51. The Morgan fingerprint density at radius 3 is 2.47 bits per heavy atom. The summed E-state index contributed by atoms with van der Waals surface area (Å²) in [5.41, 5.74) is 2.16. The van der Waals surface area contributed by atoms with Gasteiger partial charge in [-0.15, -0.1) is 0 Å². The highest BCUT2D eigenvalue weighted by molar-refractivity contribution is 7.80. The molecule has 0 saturated carbocycles. The molecular formula is C22H14Cl2N2O3S. The maximum atomic E-state index is 13.0. The highest BCUT2D eigenvalue weighted by Crippen LogP contribution is 2.32. The van der Waals surface area contributed by atoms with Gasteiger partial charge in [-0.05, 0) is 67.7 Å². The molecule has 1 aliphatic heterocycles. The lowest BCUT2D eigenvalue weighted by atomic mass is 10.1. The van der Waals surface area contributed by atoms with Crippen LogP contribution in [0.5, 0.6) is 0 Å². The Labute approximate surface area is 187 Å². The van der Waals surface area contributed by atoms with Crippen LogP contribution in [0.3, 0.4) is 0 Å². The van der Waals surface area contributed by atoms with E-state index in [4.69, 9.17) is 39.8 Å². The molecule has 30 heavy (non-hydrogen) atoms. The number of rotatable bonds is 3. The first kappa shape index (κ1) is 20.3. The minimum Gasteiger partial charge on any atom is -0.457 e. The smallest absolute Gasteiger partial charge is 0.270 e.